The third-order valence-electron chi connectivity index (χ3n) is 10.5. The summed E-state index contributed by atoms with van der Waals surface area (Å²) in [4.78, 5) is 27.2. The molecule has 0 radical (unpaired) electrons. The van der Waals surface area contributed by atoms with Crippen LogP contribution in [0.1, 0.15) is 70.4 Å². The summed E-state index contributed by atoms with van der Waals surface area (Å²) in [6.45, 7) is 2.43. The number of hydrogen-bond donors (Lipinski definition) is 1. The first kappa shape index (κ1) is 37.4. The topological polar surface area (TPSA) is 115 Å². The predicted octanol–water partition coefficient (Wildman–Crippen LogP) is 5.83. The van der Waals surface area contributed by atoms with Crippen molar-refractivity contribution >= 4 is 29.0 Å². The van der Waals surface area contributed by atoms with Crippen molar-refractivity contribution in [2.24, 2.45) is 5.92 Å². The smallest absolute Gasteiger partial charge is 0.416 e. The van der Waals surface area contributed by atoms with Gasteiger partial charge in [0.1, 0.15) is 12.0 Å². The van der Waals surface area contributed by atoms with E-state index >= 15 is 4.39 Å². The van der Waals surface area contributed by atoms with Crippen LogP contribution in [0.3, 0.4) is 0 Å². The van der Waals surface area contributed by atoms with Gasteiger partial charge < -0.3 is 25.0 Å². The van der Waals surface area contributed by atoms with Gasteiger partial charge in [-0.25, -0.2) is 17.6 Å². The van der Waals surface area contributed by atoms with Crippen molar-refractivity contribution in [3.05, 3.63) is 56.7 Å². The van der Waals surface area contributed by atoms with Gasteiger partial charge >= 0.3 is 12.2 Å². The molecule has 3 aromatic rings. The Morgan fingerprint density at radius 3 is 2.58 bits per heavy atom. The lowest BCUT2D eigenvalue weighted by molar-refractivity contribution is -0.140. The zero-order valence-electron chi connectivity index (χ0n) is 28.7. The molecule has 3 saturated heterocycles. The monoisotopic (exact) mass is 774 g/mol. The van der Waals surface area contributed by atoms with Crippen LogP contribution in [0.25, 0.3) is 0 Å². The summed E-state index contributed by atoms with van der Waals surface area (Å²) in [6.07, 6.45) is -5.57. The number of nitrogens with zero attached hydrogens (tertiary/aromatic N) is 7. The van der Waals surface area contributed by atoms with Crippen molar-refractivity contribution in [2.75, 3.05) is 50.5 Å². The number of carbonyl (C=O) groups is 1. The molecular formula is C34H38ClF7N8O3. The van der Waals surface area contributed by atoms with Crippen molar-refractivity contribution in [1.82, 2.24) is 29.5 Å². The van der Waals surface area contributed by atoms with Crippen molar-refractivity contribution < 1.29 is 45.0 Å². The highest BCUT2D eigenvalue weighted by molar-refractivity contribution is 6.34. The molecule has 1 aromatic carbocycles. The van der Waals surface area contributed by atoms with E-state index in [0.717, 1.165) is 25.1 Å². The second-order valence-corrected chi connectivity index (χ2v) is 14.3. The van der Waals surface area contributed by atoms with Crippen molar-refractivity contribution in [3.63, 3.8) is 0 Å². The number of nitrogens with two attached hydrogens (primary N) is 1. The molecule has 0 spiro atoms. The van der Waals surface area contributed by atoms with Gasteiger partial charge in [-0.15, -0.1) is 0 Å². The third-order valence-corrected chi connectivity index (χ3v) is 10.9. The molecule has 1 amide bonds. The van der Waals surface area contributed by atoms with Crippen LogP contribution in [0, 0.1) is 11.7 Å². The number of aromatic nitrogens is 4. The summed E-state index contributed by atoms with van der Waals surface area (Å²) in [5, 5.41) is 4.47. The Morgan fingerprint density at radius 2 is 1.89 bits per heavy atom. The molecule has 5 aliphatic heterocycles. The normalized spacial score (nSPS) is 23.2. The van der Waals surface area contributed by atoms with E-state index in [0.29, 0.717) is 54.9 Å². The Labute approximate surface area is 305 Å². The zero-order valence-corrected chi connectivity index (χ0v) is 29.4. The van der Waals surface area contributed by atoms with Gasteiger partial charge in [0, 0.05) is 56.3 Å². The number of fused-ring (bicyclic) bond motifs is 3. The predicted molar refractivity (Wildman–Crippen MR) is 178 cm³/mol. The van der Waals surface area contributed by atoms with Gasteiger partial charge in [-0.05, 0) is 44.4 Å². The molecule has 5 aliphatic rings. The second kappa shape index (κ2) is 14.7. The van der Waals surface area contributed by atoms with Gasteiger partial charge in [0.05, 0.1) is 59.9 Å². The first-order chi connectivity index (χ1) is 25.2. The molecule has 0 bridgehead atoms. The van der Waals surface area contributed by atoms with Gasteiger partial charge in [-0.2, -0.15) is 28.2 Å². The van der Waals surface area contributed by atoms with E-state index in [2.05, 4.69) is 20.0 Å². The highest BCUT2D eigenvalue weighted by Gasteiger charge is 2.42. The fourth-order valence-electron chi connectivity index (χ4n) is 7.75. The molecule has 19 heteroatoms. The minimum absolute atomic E-state index is 0.0330. The van der Waals surface area contributed by atoms with Crippen molar-refractivity contribution in [3.8, 4) is 6.01 Å². The van der Waals surface area contributed by atoms with Crippen molar-refractivity contribution in [1.29, 1.82) is 0 Å². The van der Waals surface area contributed by atoms with E-state index in [4.69, 9.17) is 26.8 Å². The number of anilines is 2. The van der Waals surface area contributed by atoms with Crippen molar-refractivity contribution in [2.45, 2.75) is 82.7 Å². The molecule has 53 heavy (non-hydrogen) atoms. The summed E-state index contributed by atoms with van der Waals surface area (Å²) in [5.41, 5.74) is 4.52. The molecule has 0 saturated carbocycles. The van der Waals surface area contributed by atoms with Crippen LogP contribution in [0.5, 0.6) is 6.01 Å². The second-order valence-electron chi connectivity index (χ2n) is 13.9. The van der Waals surface area contributed by atoms with E-state index in [1.807, 2.05) is 4.90 Å². The number of aryl methyl sites for hydroxylation is 1. The van der Waals surface area contributed by atoms with Crippen LogP contribution < -0.4 is 15.4 Å². The van der Waals surface area contributed by atoms with Gasteiger partial charge in [-0.1, -0.05) is 11.6 Å². The van der Waals surface area contributed by atoms with Crippen LogP contribution in [0.4, 0.5) is 42.2 Å². The average Bonchev–Trinajstić information content (AvgIpc) is 3.71. The van der Waals surface area contributed by atoms with E-state index in [1.165, 1.54) is 24.9 Å². The first-order valence-corrected chi connectivity index (χ1v) is 17.8. The number of methoxy groups -OCH3 is 1. The van der Waals surface area contributed by atoms with E-state index in [9.17, 15) is 31.1 Å². The maximum absolute atomic E-state index is 15.0. The van der Waals surface area contributed by atoms with E-state index in [-0.39, 0.29) is 49.4 Å². The Hall–Kier alpha value is -3.90. The molecule has 3 fully saturated rings. The van der Waals surface area contributed by atoms with Gasteiger partial charge in [0.25, 0.3) is 5.91 Å². The quantitative estimate of drug-likeness (QED) is 0.253. The molecular weight excluding hydrogens is 737 g/mol. The minimum Gasteiger partial charge on any atom is -0.467 e. The minimum atomic E-state index is -4.85. The summed E-state index contributed by atoms with van der Waals surface area (Å²) in [7, 11) is 1.34. The van der Waals surface area contributed by atoms with Crippen LogP contribution in [-0.4, -0.2) is 93.9 Å². The van der Waals surface area contributed by atoms with Gasteiger partial charge in [0.15, 0.2) is 11.5 Å². The van der Waals surface area contributed by atoms with E-state index in [1.54, 1.807) is 4.68 Å². The third kappa shape index (κ3) is 7.33. The average molecular weight is 775 g/mol. The SMILES string of the molecule is COc1nc2c(c(N3CCCn4nc(C(=O)N5CC(C(F)F)C5)c(Cl)c4C3)n1)COC(c1c(C(F)(F)F)ccc(N)c1F)C2.FC1CC2CCCN2C1. The fraction of sp³-hybridized carbons (Fsp3) is 0.588. The Kier molecular flexibility index (Phi) is 10.4. The highest BCUT2D eigenvalue weighted by Crippen LogP contribution is 2.43. The Morgan fingerprint density at radius 1 is 1.11 bits per heavy atom. The summed E-state index contributed by atoms with van der Waals surface area (Å²) >= 11 is 6.63. The number of nitrogen functional groups attached to an aromatic ring is 1. The van der Waals surface area contributed by atoms with Gasteiger partial charge in [-0.3, -0.25) is 14.4 Å². The number of halogens is 8. The molecule has 3 unspecified atom stereocenters. The molecule has 7 heterocycles. The largest absolute Gasteiger partial charge is 0.467 e. The number of hydrogen-bond acceptors (Lipinski definition) is 9. The number of likely N-dealkylation sites (tertiary alicyclic amines) is 1. The molecule has 2 aromatic heterocycles. The highest BCUT2D eigenvalue weighted by atomic mass is 35.5. The summed E-state index contributed by atoms with van der Waals surface area (Å²) in [5.74, 6) is -2.26. The maximum atomic E-state index is 15.0. The summed E-state index contributed by atoms with van der Waals surface area (Å²) in [6, 6.07) is 2.13. The number of rotatable bonds is 5. The molecule has 8 rings (SSSR count). The molecule has 2 N–H and O–H groups in total. The number of alkyl halides is 6. The number of amides is 1. The van der Waals surface area contributed by atoms with Crippen LogP contribution in [-0.2, 0) is 37.0 Å². The fourth-order valence-corrected chi connectivity index (χ4v) is 8.03. The van der Waals surface area contributed by atoms with Crippen LogP contribution >= 0.6 is 11.6 Å². The lowest BCUT2D eigenvalue weighted by atomic mass is 9.94. The Bertz CT molecular complexity index is 1850. The maximum Gasteiger partial charge on any atom is 0.416 e. The van der Waals surface area contributed by atoms with Crippen LogP contribution in [0.15, 0.2) is 12.1 Å². The molecule has 0 aliphatic carbocycles. The zero-order chi connectivity index (χ0) is 37.8. The first-order valence-electron chi connectivity index (χ1n) is 17.4. The summed E-state index contributed by atoms with van der Waals surface area (Å²) < 4.78 is 108. The standard InChI is InChI=1S/C27H26ClF6N7O3.C7H12FN/c1-43-26-36-16-7-18(19-14(27(32,33)34)3-4-15(35)21(19)29)44-11-13(16)24(37-26)39-5-2-6-41-17(10-39)20(28)22(38-41)25(42)40-8-12(9-40)23(30)31;8-6-4-7-2-1-3-9(7)5-6/h3-4,12,18,23H,2,5-11,35H2,1H3;6-7H,1-5H2. The van der Waals surface area contributed by atoms with Crippen LogP contribution in [0.2, 0.25) is 5.02 Å². The molecule has 288 valence electrons. The lowest BCUT2D eigenvalue weighted by Gasteiger charge is -2.38. The number of carbonyl (C=O) groups excluding carboxylic acids is 1. The lowest BCUT2D eigenvalue weighted by Crippen LogP contribution is -2.52. The van der Waals surface area contributed by atoms with Gasteiger partial charge in [0.2, 0.25) is 6.43 Å². The molecule has 11 nitrogen and oxygen atoms in total. The van der Waals surface area contributed by atoms with E-state index < -0.39 is 59.3 Å². The number of ether oxygens (including phenoxy) is 2. The molecule has 3 atom stereocenters. The Balaban J connectivity index is 0.000000418. The number of benzene rings is 1.